The highest BCUT2D eigenvalue weighted by atomic mass is 127. The summed E-state index contributed by atoms with van der Waals surface area (Å²) in [4.78, 5) is 4.53. The summed E-state index contributed by atoms with van der Waals surface area (Å²) in [6.45, 7) is 2.05. The van der Waals surface area contributed by atoms with Crippen molar-refractivity contribution in [3.63, 3.8) is 0 Å². The van der Waals surface area contributed by atoms with E-state index in [0.29, 0.717) is 5.89 Å². The van der Waals surface area contributed by atoms with E-state index in [4.69, 9.17) is 4.42 Å². The van der Waals surface area contributed by atoms with E-state index in [1.807, 2.05) is 55.2 Å². The summed E-state index contributed by atoms with van der Waals surface area (Å²) in [5.41, 5.74) is 3.86. The third-order valence-electron chi connectivity index (χ3n) is 2.75. The predicted octanol–water partition coefficient (Wildman–Crippen LogP) is 0.394. The molecule has 0 saturated carbocycles. The fourth-order valence-electron chi connectivity index (χ4n) is 1.95. The molecule has 3 rings (SSSR count). The van der Waals surface area contributed by atoms with Gasteiger partial charge in [-0.2, -0.15) is 0 Å². The van der Waals surface area contributed by atoms with Gasteiger partial charge >= 0.3 is 0 Å². The minimum Gasteiger partial charge on any atom is -1.00 e. The van der Waals surface area contributed by atoms with Crippen molar-refractivity contribution in [1.82, 2.24) is 4.98 Å². The Bertz CT molecular complexity index is 719. The molecular formula is C14H12BrIN2O. The highest BCUT2D eigenvalue weighted by molar-refractivity contribution is 9.10. The van der Waals surface area contributed by atoms with Crippen LogP contribution in [0.1, 0.15) is 5.56 Å². The van der Waals surface area contributed by atoms with Crippen molar-refractivity contribution in [3.8, 4) is 11.5 Å². The highest BCUT2D eigenvalue weighted by Gasteiger charge is 2.12. The Kier molecular flexibility index (Phi) is 4.25. The molecule has 0 amide bonds. The van der Waals surface area contributed by atoms with E-state index in [0.717, 1.165) is 21.1 Å². The zero-order valence-electron chi connectivity index (χ0n) is 10.5. The number of nitrogens with zero attached hydrogens (tertiary/aromatic N) is 2. The van der Waals surface area contributed by atoms with Crippen molar-refractivity contribution in [2.75, 3.05) is 0 Å². The van der Waals surface area contributed by atoms with E-state index >= 15 is 0 Å². The molecule has 0 atom stereocenters. The number of fused-ring (bicyclic) bond motifs is 1. The second kappa shape index (κ2) is 5.58. The minimum absolute atomic E-state index is 0. The summed E-state index contributed by atoms with van der Waals surface area (Å²) >= 11 is 3.48. The van der Waals surface area contributed by atoms with Crippen LogP contribution in [0, 0.1) is 6.92 Å². The lowest BCUT2D eigenvalue weighted by atomic mass is 10.2. The number of hydrogen-bond acceptors (Lipinski definition) is 2. The predicted molar refractivity (Wildman–Crippen MR) is 73.1 cm³/mol. The molecule has 0 unspecified atom stereocenters. The second-order valence-electron chi connectivity index (χ2n) is 4.40. The van der Waals surface area contributed by atoms with Gasteiger partial charge in [0, 0.05) is 0 Å². The first-order valence-electron chi connectivity index (χ1n) is 5.65. The van der Waals surface area contributed by atoms with Crippen molar-refractivity contribution >= 4 is 27.0 Å². The molecular weight excluding hydrogens is 419 g/mol. The molecule has 1 aromatic carbocycles. The molecule has 0 N–H and O–H groups in total. The molecule has 0 spiro atoms. The van der Waals surface area contributed by atoms with Gasteiger partial charge in [0.2, 0.25) is 5.89 Å². The van der Waals surface area contributed by atoms with E-state index in [1.165, 1.54) is 5.56 Å². The molecule has 5 heteroatoms. The largest absolute Gasteiger partial charge is 1.00 e. The van der Waals surface area contributed by atoms with Gasteiger partial charge in [-0.05, 0) is 46.6 Å². The van der Waals surface area contributed by atoms with Crippen LogP contribution in [0.15, 0.2) is 45.5 Å². The van der Waals surface area contributed by atoms with E-state index < -0.39 is 0 Å². The smallest absolute Gasteiger partial charge is 0.233 e. The highest BCUT2D eigenvalue weighted by Crippen LogP contribution is 2.25. The van der Waals surface area contributed by atoms with Crippen molar-refractivity contribution in [3.05, 3.63) is 46.7 Å². The lowest BCUT2D eigenvalue weighted by molar-refractivity contribution is -0.671. The normalized spacial score (nSPS) is 10.5. The molecule has 3 nitrogen and oxygen atoms in total. The number of aromatic nitrogens is 2. The molecule has 3 aromatic rings. The number of aryl methyl sites for hydroxylation is 2. The molecule has 0 aliphatic rings. The molecule has 19 heavy (non-hydrogen) atoms. The van der Waals surface area contributed by atoms with Crippen molar-refractivity contribution < 1.29 is 33.0 Å². The summed E-state index contributed by atoms with van der Waals surface area (Å²) in [5, 5.41) is 0. The van der Waals surface area contributed by atoms with Gasteiger partial charge in [-0.25, -0.2) is 9.55 Å². The number of rotatable bonds is 1. The Morgan fingerprint density at radius 2 is 2.00 bits per heavy atom. The van der Waals surface area contributed by atoms with Crippen LogP contribution in [-0.4, -0.2) is 4.98 Å². The Balaban J connectivity index is 0.00000133. The summed E-state index contributed by atoms with van der Waals surface area (Å²) in [6.07, 6.45) is 3.97. The van der Waals surface area contributed by atoms with Crippen LogP contribution < -0.4 is 28.5 Å². The average Bonchev–Trinajstić information content (AvgIpc) is 2.70. The molecule has 0 aliphatic carbocycles. The first kappa shape index (κ1) is 14.5. The Hall–Kier alpha value is -0.950. The number of benzene rings is 1. The van der Waals surface area contributed by atoms with E-state index in [1.54, 1.807) is 0 Å². The standard InChI is InChI=1S/C14H12BrN2O.HI/c1-9-3-4-13-12(5-9)16-14(18-13)10-6-11(15)8-17(2)7-10;/h3-8H,1-2H3;1H/q+1;/p-1. The third kappa shape index (κ3) is 2.97. The lowest BCUT2D eigenvalue weighted by Crippen LogP contribution is -3.00. The number of oxazole rings is 1. The van der Waals surface area contributed by atoms with Crippen LogP contribution in [0.25, 0.3) is 22.6 Å². The fraction of sp³-hybridized carbons (Fsp3) is 0.143. The maximum atomic E-state index is 5.77. The maximum Gasteiger partial charge on any atom is 0.233 e. The number of hydrogen-bond donors (Lipinski definition) is 0. The van der Waals surface area contributed by atoms with Gasteiger partial charge in [0.05, 0.1) is 4.47 Å². The van der Waals surface area contributed by atoms with Crippen LogP contribution in [0.2, 0.25) is 0 Å². The monoisotopic (exact) mass is 430 g/mol. The van der Waals surface area contributed by atoms with E-state index in [2.05, 4.69) is 20.9 Å². The van der Waals surface area contributed by atoms with Gasteiger partial charge in [-0.3, -0.25) is 0 Å². The first-order valence-corrected chi connectivity index (χ1v) is 6.44. The van der Waals surface area contributed by atoms with Crippen molar-refractivity contribution in [2.24, 2.45) is 7.05 Å². The van der Waals surface area contributed by atoms with E-state index in [-0.39, 0.29) is 24.0 Å². The maximum absolute atomic E-state index is 5.77. The summed E-state index contributed by atoms with van der Waals surface area (Å²) in [6, 6.07) is 8.01. The van der Waals surface area contributed by atoms with Crippen LogP contribution in [0.3, 0.4) is 0 Å². The summed E-state index contributed by atoms with van der Waals surface area (Å²) in [5.74, 6) is 0.646. The molecule has 0 fully saturated rings. The molecule has 0 bridgehead atoms. The summed E-state index contributed by atoms with van der Waals surface area (Å²) in [7, 11) is 1.97. The molecule has 0 radical (unpaired) electrons. The molecule has 98 valence electrons. The van der Waals surface area contributed by atoms with Gasteiger partial charge in [0.15, 0.2) is 18.0 Å². The second-order valence-corrected chi connectivity index (χ2v) is 5.31. The zero-order valence-corrected chi connectivity index (χ0v) is 14.3. The fourth-order valence-corrected chi connectivity index (χ4v) is 2.52. The quantitative estimate of drug-likeness (QED) is 0.413. The molecule has 0 saturated heterocycles. The third-order valence-corrected chi connectivity index (χ3v) is 3.19. The number of pyridine rings is 1. The summed E-state index contributed by atoms with van der Waals surface area (Å²) < 4.78 is 8.75. The number of halogens is 2. The molecule has 0 aliphatic heterocycles. The van der Waals surface area contributed by atoms with E-state index in [9.17, 15) is 0 Å². The van der Waals surface area contributed by atoms with Crippen molar-refractivity contribution in [2.45, 2.75) is 6.92 Å². The minimum atomic E-state index is 0. The van der Waals surface area contributed by atoms with Crippen LogP contribution in [0.4, 0.5) is 0 Å². The van der Waals surface area contributed by atoms with Gasteiger partial charge in [-0.1, -0.05) is 6.07 Å². The van der Waals surface area contributed by atoms with Gasteiger partial charge < -0.3 is 28.4 Å². The molecule has 2 heterocycles. The average molecular weight is 431 g/mol. The SMILES string of the molecule is Cc1ccc2oc(-c3cc(Br)c[n+](C)c3)nc2c1.[I-]. The van der Waals surface area contributed by atoms with Gasteiger partial charge in [0.25, 0.3) is 0 Å². The van der Waals surface area contributed by atoms with Crippen LogP contribution >= 0.6 is 15.9 Å². The molecule has 2 aromatic heterocycles. The van der Waals surface area contributed by atoms with Crippen LogP contribution in [0.5, 0.6) is 0 Å². The Morgan fingerprint density at radius 3 is 2.74 bits per heavy atom. The Labute approximate surface area is 136 Å². The zero-order chi connectivity index (χ0) is 12.7. The topological polar surface area (TPSA) is 29.9 Å². The van der Waals surface area contributed by atoms with Gasteiger partial charge in [0.1, 0.15) is 18.1 Å². The van der Waals surface area contributed by atoms with Gasteiger partial charge in [-0.15, -0.1) is 0 Å². The lowest BCUT2D eigenvalue weighted by Gasteiger charge is -1.94. The van der Waals surface area contributed by atoms with Crippen molar-refractivity contribution in [1.29, 1.82) is 0 Å². The Morgan fingerprint density at radius 1 is 1.21 bits per heavy atom. The van der Waals surface area contributed by atoms with Crippen LogP contribution in [-0.2, 0) is 7.05 Å². The first-order chi connectivity index (χ1) is 8.61.